The predicted molar refractivity (Wildman–Crippen MR) is 82.2 cm³/mol. The molecule has 1 saturated heterocycles. The highest BCUT2D eigenvalue weighted by Crippen LogP contribution is 2.29. The minimum absolute atomic E-state index is 0.400. The van der Waals surface area contributed by atoms with Crippen molar-refractivity contribution < 1.29 is 8.42 Å². The summed E-state index contributed by atoms with van der Waals surface area (Å²) in [5, 5.41) is 0. The van der Waals surface area contributed by atoms with Crippen molar-refractivity contribution in [2.45, 2.75) is 24.7 Å². The van der Waals surface area contributed by atoms with E-state index in [4.69, 9.17) is 0 Å². The van der Waals surface area contributed by atoms with Gasteiger partial charge in [-0.05, 0) is 67.8 Å². The number of halogens is 1. The number of likely N-dealkylation sites (tertiary alicyclic amines) is 1. The molecule has 0 aliphatic carbocycles. The Morgan fingerprint density at radius 2 is 2.11 bits per heavy atom. The first-order valence-electron chi connectivity index (χ1n) is 6.32. The van der Waals surface area contributed by atoms with Crippen LogP contribution in [-0.4, -0.2) is 40.0 Å². The van der Waals surface area contributed by atoms with Crippen molar-refractivity contribution in [3.63, 3.8) is 0 Å². The van der Waals surface area contributed by atoms with Crippen LogP contribution in [0.15, 0.2) is 14.7 Å². The highest BCUT2D eigenvalue weighted by atomic mass is 79.9. The van der Waals surface area contributed by atoms with E-state index in [2.05, 4.69) is 32.6 Å². The molecule has 108 valence electrons. The maximum absolute atomic E-state index is 12.2. The second-order valence-corrected chi connectivity index (χ2v) is 9.44. The molecule has 0 atom stereocenters. The summed E-state index contributed by atoms with van der Waals surface area (Å²) in [5.41, 5.74) is 0. The molecule has 4 nitrogen and oxygen atoms in total. The van der Waals surface area contributed by atoms with Crippen LogP contribution < -0.4 is 4.72 Å². The average Bonchev–Trinajstić information content (AvgIpc) is 2.69. The van der Waals surface area contributed by atoms with Crippen molar-refractivity contribution in [1.29, 1.82) is 0 Å². The molecule has 0 bridgehead atoms. The fourth-order valence-electron chi connectivity index (χ4n) is 2.27. The summed E-state index contributed by atoms with van der Waals surface area (Å²) in [6, 6.07) is 1.68. The molecule has 2 heterocycles. The van der Waals surface area contributed by atoms with Gasteiger partial charge in [-0.1, -0.05) is 0 Å². The van der Waals surface area contributed by atoms with Crippen molar-refractivity contribution >= 4 is 37.3 Å². The van der Waals surface area contributed by atoms with E-state index in [9.17, 15) is 8.42 Å². The zero-order chi connectivity index (χ0) is 14.0. The highest BCUT2D eigenvalue weighted by molar-refractivity contribution is 9.11. The molecule has 0 unspecified atom stereocenters. The summed E-state index contributed by atoms with van der Waals surface area (Å²) in [4.78, 5) is 3.51. The fourth-order valence-corrected chi connectivity index (χ4v) is 5.80. The van der Waals surface area contributed by atoms with Gasteiger partial charge in [0.2, 0.25) is 10.0 Å². The van der Waals surface area contributed by atoms with E-state index in [0.717, 1.165) is 34.6 Å². The Labute approximate surface area is 127 Å². The molecular formula is C12H19BrN2O2S2. The number of thiophene rings is 1. The topological polar surface area (TPSA) is 49.4 Å². The van der Waals surface area contributed by atoms with Gasteiger partial charge in [0.1, 0.15) is 0 Å². The molecule has 1 fully saturated rings. The third-order valence-electron chi connectivity index (χ3n) is 3.53. The number of hydrogen-bond donors (Lipinski definition) is 1. The number of hydrogen-bond acceptors (Lipinski definition) is 4. The number of piperidine rings is 1. The zero-order valence-corrected chi connectivity index (χ0v) is 14.4. The maximum Gasteiger partial charge on any atom is 0.241 e. The van der Waals surface area contributed by atoms with Gasteiger partial charge in [-0.25, -0.2) is 13.1 Å². The second kappa shape index (κ2) is 6.22. The Balaban J connectivity index is 1.96. The van der Waals surface area contributed by atoms with Crippen LogP contribution in [0.4, 0.5) is 0 Å². The Morgan fingerprint density at radius 3 is 2.63 bits per heavy atom. The molecule has 1 aliphatic rings. The van der Waals surface area contributed by atoms with Crippen molar-refractivity contribution in [2.75, 3.05) is 26.7 Å². The lowest BCUT2D eigenvalue weighted by atomic mass is 9.98. The minimum atomic E-state index is -3.37. The molecule has 0 aromatic carbocycles. The number of aryl methyl sites for hydroxylation is 1. The van der Waals surface area contributed by atoms with Crippen LogP contribution in [0.5, 0.6) is 0 Å². The van der Waals surface area contributed by atoms with Crippen LogP contribution in [0.3, 0.4) is 0 Å². The smallest absolute Gasteiger partial charge is 0.241 e. The summed E-state index contributed by atoms with van der Waals surface area (Å²) in [6.07, 6.45) is 2.12. The van der Waals surface area contributed by atoms with E-state index >= 15 is 0 Å². The minimum Gasteiger partial charge on any atom is -0.306 e. The quantitative estimate of drug-likeness (QED) is 0.889. The standard InChI is InChI=1S/C12H19BrN2O2S2/c1-9-11(7-12(13)18-9)19(16,17)14-8-10-3-5-15(2)6-4-10/h7,10,14H,3-6,8H2,1-2H3. The van der Waals surface area contributed by atoms with Gasteiger partial charge < -0.3 is 4.90 Å². The van der Waals surface area contributed by atoms with Gasteiger partial charge in [-0.3, -0.25) is 0 Å². The van der Waals surface area contributed by atoms with Crippen LogP contribution >= 0.6 is 27.3 Å². The van der Waals surface area contributed by atoms with Crippen molar-refractivity contribution in [3.8, 4) is 0 Å². The molecule has 1 aromatic heterocycles. The summed E-state index contributed by atoms with van der Waals surface area (Å²) >= 11 is 4.78. The lowest BCUT2D eigenvalue weighted by Crippen LogP contribution is -2.36. The number of rotatable bonds is 4. The molecule has 2 rings (SSSR count). The molecule has 0 radical (unpaired) electrons. The lowest BCUT2D eigenvalue weighted by molar-refractivity contribution is 0.220. The molecule has 0 spiro atoms. The highest BCUT2D eigenvalue weighted by Gasteiger charge is 2.22. The average molecular weight is 367 g/mol. The van der Waals surface area contributed by atoms with E-state index in [1.807, 2.05) is 6.92 Å². The van der Waals surface area contributed by atoms with Crippen molar-refractivity contribution in [3.05, 3.63) is 14.7 Å². The lowest BCUT2D eigenvalue weighted by Gasteiger charge is -2.28. The first kappa shape index (κ1) is 15.4. The number of nitrogens with zero attached hydrogens (tertiary/aromatic N) is 1. The van der Waals surface area contributed by atoms with E-state index in [0.29, 0.717) is 17.4 Å². The molecule has 0 saturated carbocycles. The number of nitrogens with one attached hydrogen (secondary N) is 1. The van der Waals surface area contributed by atoms with Crippen molar-refractivity contribution in [2.24, 2.45) is 5.92 Å². The monoisotopic (exact) mass is 366 g/mol. The largest absolute Gasteiger partial charge is 0.306 e. The molecule has 1 aliphatic heterocycles. The molecule has 19 heavy (non-hydrogen) atoms. The first-order chi connectivity index (χ1) is 8.88. The molecule has 0 amide bonds. The van der Waals surface area contributed by atoms with Gasteiger partial charge >= 0.3 is 0 Å². The summed E-state index contributed by atoms with van der Waals surface area (Å²) in [6.45, 7) is 4.48. The second-order valence-electron chi connectivity index (χ2n) is 5.07. The van der Waals surface area contributed by atoms with Gasteiger partial charge in [0.05, 0.1) is 8.68 Å². The Bertz CT molecular complexity index is 534. The third-order valence-corrected chi connectivity index (χ3v) is 6.76. The Hall–Kier alpha value is 0.0500. The first-order valence-corrected chi connectivity index (χ1v) is 9.42. The summed E-state index contributed by atoms with van der Waals surface area (Å²) < 4.78 is 28.1. The Kier molecular flexibility index (Phi) is 5.05. The van der Waals surface area contributed by atoms with Crippen LogP contribution in [0.1, 0.15) is 17.7 Å². The van der Waals surface area contributed by atoms with Crippen molar-refractivity contribution in [1.82, 2.24) is 9.62 Å². The summed E-state index contributed by atoms with van der Waals surface area (Å²) in [5.74, 6) is 0.452. The van der Waals surface area contributed by atoms with Gasteiger partial charge in [0, 0.05) is 11.4 Å². The molecular weight excluding hydrogens is 348 g/mol. The SMILES string of the molecule is Cc1sc(Br)cc1S(=O)(=O)NCC1CCN(C)CC1. The summed E-state index contributed by atoms with van der Waals surface area (Å²) in [7, 11) is -1.26. The molecule has 1 aromatic rings. The maximum atomic E-state index is 12.2. The zero-order valence-electron chi connectivity index (χ0n) is 11.1. The van der Waals surface area contributed by atoms with Gasteiger partial charge in [-0.15, -0.1) is 11.3 Å². The van der Waals surface area contributed by atoms with Gasteiger partial charge in [0.25, 0.3) is 0 Å². The predicted octanol–water partition coefficient (Wildman–Crippen LogP) is 2.44. The molecule has 7 heteroatoms. The van der Waals surface area contributed by atoms with E-state index < -0.39 is 10.0 Å². The normalized spacial score (nSPS) is 18.9. The number of sulfonamides is 1. The van der Waals surface area contributed by atoms with Crippen LogP contribution in [0.2, 0.25) is 0 Å². The van der Waals surface area contributed by atoms with E-state index in [-0.39, 0.29) is 0 Å². The van der Waals surface area contributed by atoms with Crippen LogP contribution in [-0.2, 0) is 10.0 Å². The third kappa shape index (κ3) is 4.01. The van der Waals surface area contributed by atoms with E-state index in [1.54, 1.807) is 6.07 Å². The molecule has 1 N–H and O–H groups in total. The van der Waals surface area contributed by atoms with Crippen LogP contribution in [0.25, 0.3) is 0 Å². The van der Waals surface area contributed by atoms with E-state index in [1.165, 1.54) is 11.3 Å². The fraction of sp³-hybridized carbons (Fsp3) is 0.667. The Morgan fingerprint density at radius 1 is 1.47 bits per heavy atom. The van der Waals surface area contributed by atoms with Crippen LogP contribution in [0, 0.1) is 12.8 Å². The van der Waals surface area contributed by atoms with Gasteiger partial charge in [-0.2, -0.15) is 0 Å². The van der Waals surface area contributed by atoms with Gasteiger partial charge in [0.15, 0.2) is 0 Å².